The third-order valence-corrected chi connectivity index (χ3v) is 8.34. The second-order valence-electron chi connectivity index (χ2n) is 11.7. The first-order valence-corrected chi connectivity index (χ1v) is 16.4. The van der Waals surface area contributed by atoms with E-state index in [4.69, 9.17) is 14.2 Å². The second-order valence-corrected chi connectivity index (χ2v) is 11.7. The van der Waals surface area contributed by atoms with Crippen molar-refractivity contribution in [2.75, 3.05) is 20.2 Å². The summed E-state index contributed by atoms with van der Waals surface area (Å²) >= 11 is 0. The lowest BCUT2D eigenvalue weighted by molar-refractivity contribution is -0.0898. The van der Waals surface area contributed by atoms with Gasteiger partial charge < -0.3 is 14.2 Å². The zero-order chi connectivity index (χ0) is 28.3. The number of ether oxygens (including phenoxy) is 3. The Bertz CT molecular complexity index is 861. The molecule has 1 aliphatic carbocycles. The molecule has 3 rings (SSSR count). The molecule has 1 fully saturated rings. The molecule has 0 bridgehead atoms. The molecule has 4 unspecified atom stereocenters. The summed E-state index contributed by atoms with van der Waals surface area (Å²) in [5.74, 6) is 0. The van der Waals surface area contributed by atoms with Gasteiger partial charge in [-0.2, -0.15) is 0 Å². The smallest absolute Gasteiger partial charge is 0.102 e. The van der Waals surface area contributed by atoms with Crippen LogP contribution in [0.4, 0.5) is 0 Å². The number of unbranched alkanes of at least 4 members (excludes halogenated alkanes) is 10. The van der Waals surface area contributed by atoms with E-state index in [0.29, 0.717) is 13.2 Å². The number of likely N-dealkylation sites (N-methyl/N-ethyl adjacent to an activating group) is 1. The summed E-state index contributed by atoms with van der Waals surface area (Å²) in [6.45, 7) is 7.67. The van der Waals surface area contributed by atoms with Crippen LogP contribution in [0.25, 0.3) is 0 Å². The van der Waals surface area contributed by atoms with Gasteiger partial charge in [0.05, 0.1) is 31.5 Å². The molecule has 2 aromatic carbocycles. The molecule has 0 spiro atoms. The minimum Gasteiger partial charge on any atom is -0.374 e. The quantitative estimate of drug-likeness (QED) is 0.137. The number of benzene rings is 2. The van der Waals surface area contributed by atoms with Crippen molar-refractivity contribution in [2.24, 2.45) is 0 Å². The molecule has 0 N–H and O–H groups in total. The van der Waals surface area contributed by atoms with Crippen molar-refractivity contribution in [3.63, 3.8) is 0 Å². The van der Waals surface area contributed by atoms with Crippen molar-refractivity contribution in [3.8, 4) is 0 Å². The van der Waals surface area contributed by atoms with Crippen LogP contribution < -0.4 is 0 Å². The molecule has 0 amide bonds. The molecule has 0 aromatic heterocycles. The molecular weight excluding hydrogens is 494 g/mol. The zero-order valence-corrected chi connectivity index (χ0v) is 25.8. The van der Waals surface area contributed by atoms with Crippen molar-refractivity contribution >= 4 is 0 Å². The van der Waals surface area contributed by atoms with E-state index < -0.39 is 0 Å². The third kappa shape index (κ3) is 12.0. The molecule has 4 nitrogen and oxygen atoms in total. The summed E-state index contributed by atoms with van der Waals surface area (Å²) in [4.78, 5) is 2.52. The molecule has 224 valence electrons. The van der Waals surface area contributed by atoms with Crippen molar-refractivity contribution < 1.29 is 14.2 Å². The molecule has 0 aliphatic heterocycles. The molecule has 40 heavy (non-hydrogen) atoms. The molecule has 2 aromatic rings. The van der Waals surface area contributed by atoms with Crippen LogP contribution in [-0.2, 0) is 27.4 Å². The largest absolute Gasteiger partial charge is 0.374 e. The number of hydrogen-bond acceptors (Lipinski definition) is 4. The maximum atomic E-state index is 6.75. The molecule has 0 saturated heterocycles. The standard InChI is InChI=1S/C36H57NO3/c1-4-6-8-10-11-13-21-27-38-36-34(40-30-32-24-18-15-19-25-32)28-33(39-29-31-22-16-14-17-23-31)35(36)37(3)26-20-12-9-7-5-2/h14-19,22-25,33-36H,4-13,20-21,26-30H2,1-3H3. The first kappa shape index (κ1) is 32.8. The Kier molecular flexibility index (Phi) is 16.6. The average molecular weight is 552 g/mol. The second kappa shape index (κ2) is 20.2. The molecule has 0 radical (unpaired) electrons. The first-order valence-electron chi connectivity index (χ1n) is 16.4. The van der Waals surface area contributed by atoms with Gasteiger partial charge in [0.15, 0.2) is 0 Å². The number of rotatable bonds is 22. The van der Waals surface area contributed by atoms with Crippen molar-refractivity contribution in [1.29, 1.82) is 0 Å². The minimum atomic E-state index is 0.0187. The topological polar surface area (TPSA) is 30.9 Å². The Morgan fingerprint density at radius 2 is 1.10 bits per heavy atom. The van der Waals surface area contributed by atoms with Gasteiger partial charge in [-0.1, -0.05) is 139 Å². The zero-order valence-electron chi connectivity index (χ0n) is 25.8. The highest BCUT2D eigenvalue weighted by atomic mass is 16.6. The van der Waals surface area contributed by atoms with E-state index in [1.54, 1.807) is 0 Å². The van der Waals surface area contributed by atoms with E-state index >= 15 is 0 Å². The fraction of sp³-hybridized carbons (Fsp3) is 0.667. The maximum Gasteiger partial charge on any atom is 0.102 e. The molecule has 1 aliphatic rings. The Morgan fingerprint density at radius 1 is 0.600 bits per heavy atom. The normalized spacial score (nSPS) is 20.9. The van der Waals surface area contributed by atoms with Gasteiger partial charge in [0.25, 0.3) is 0 Å². The summed E-state index contributed by atoms with van der Waals surface area (Å²) in [6.07, 6.45) is 16.5. The van der Waals surface area contributed by atoms with Crippen molar-refractivity contribution in [2.45, 2.75) is 135 Å². The molecule has 4 atom stereocenters. The highest BCUT2D eigenvalue weighted by Gasteiger charge is 2.47. The predicted octanol–water partition coefficient (Wildman–Crippen LogP) is 8.97. The van der Waals surface area contributed by atoms with Crippen LogP contribution in [0, 0.1) is 0 Å². The third-order valence-electron chi connectivity index (χ3n) is 8.34. The van der Waals surface area contributed by atoms with E-state index in [1.165, 1.54) is 81.8 Å². The Labute approximate surface area is 245 Å². The predicted molar refractivity (Wildman–Crippen MR) is 168 cm³/mol. The Balaban J connectivity index is 1.65. The maximum absolute atomic E-state index is 6.75. The van der Waals surface area contributed by atoms with Gasteiger partial charge in [-0.3, -0.25) is 4.90 Å². The van der Waals surface area contributed by atoms with Gasteiger partial charge >= 0.3 is 0 Å². The lowest BCUT2D eigenvalue weighted by Crippen LogP contribution is -2.48. The summed E-state index contributed by atoms with van der Waals surface area (Å²) < 4.78 is 20.0. The number of hydrogen-bond donors (Lipinski definition) is 0. The molecule has 4 heteroatoms. The van der Waals surface area contributed by atoms with Crippen LogP contribution in [-0.4, -0.2) is 49.5 Å². The number of nitrogens with zero attached hydrogens (tertiary/aromatic N) is 1. The van der Waals surface area contributed by atoms with Crippen LogP contribution in [0.1, 0.15) is 108 Å². The molecular formula is C36H57NO3. The summed E-state index contributed by atoms with van der Waals surface area (Å²) in [6, 6.07) is 21.3. The Hall–Kier alpha value is -1.72. The highest BCUT2D eigenvalue weighted by Crippen LogP contribution is 2.33. The van der Waals surface area contributed by atoms with Crippen LogP contribution in [0.5, 0.6) is 0 Å². The van der Waals surface area contributed by atoms with E-state index in [2.05, 4.69) is 86.5 Å². The highest BCUT2D eigenvalue weighted by molar-refractivity contribution is 5.15. The van der Waals surface area contributed by atoms with Crippen LogP contribution in [0.3, 0.4) is 0 Å². The Morgan fingerprint density at radius 3 is 1.68 bits per heavy atom. The molecule has 0 heterocycles. The lowest BCUT2D eigenvalue weighted by Gasteiger charge is -2.34. The molecule has 1 saturated carbocycles. The van der Waals surface area contributed by atoms with Crippen molar-refractivity contribution in [3.05, 3.63) is 71.8 Å². The van der Waals surface area contributed by atoms with Gasteiger partial charge in [0.1, 0.15) is 6.10 Å². The van der Waals surface area contributed by atoms with Gasteiger partial charge in [0.2, 0.25) is 0 Å². The van der Waals surface area contributed by atoms with Crippen LogP contribution in [0.2, 0.25) is 0 Å². The lowest BCUT2D eigenvalue weighted by atomic mass is 10.1. The fourth-order valence-electron chi connectivity index (χ4n) is 5.95. The first-order chi connectivity index (χ1) is 19.7. The van der Waals surface area contributed by atoms with Crippen LogP contribution >= 0.6 is 0 Å². The summed E-state index contributed by atoms with van der Waals surface area (Å²) in [5.41, 5.74) is 2.43. The van der Waals surface area contributed by atoms with E-state index in [0.717, 1.165) is 26.0 Å². The average Bonchev–Trinajstić information content (AvgIpc) is 3.34. The van der Waals surface area contributed by atoms with E-state index in [9.17, 15) is 0 Å². The summed E-state index contributed by atoms with van der Waals surface area (Å²) in [5, 5.41) is 0. The SMILES string of the molecule is CCCCCCCCCOC1C(OCc2ccccc2)CC(OCc2ccccc2)C1N(C)CCCCCCC. The van der Waals surface area contributed by atoms with Gasteiger partial charge in [0, 0.05) is 13.0 Å². The monoisotopic (exact) mass is 551 g/mol. The van der Waals surface area contributed by atoms with Gasteiger partial charge in [-0.05, 0) is 37.6 Å². The minimum absolute atomic E-state index is 0.0187. The summed E-state index contributed by atoms with van der Waals surface area (Å²) in [7, 11) is 2.27. The fourth-order valence-corrected chi connectivity index (χ4v) is 5.95. The van der Waals surface area contributed by atoms with E-state index in [1.807, 2.05) is 0 Å². The van der Waals surface area contributed by atoms with Gasteiger partial charge in [-0.25, -0.2) is 0 Å². The van der Waals surface area contributed by atoms with E-state index in [-0.39, 0.29) is 24.4 Å². The van der Waals surface area contributed by atoms with Crippen LogP contribution in [0.15, 0.2) is 60.7 Å². The van der Waals surface area contributed by atoms with Crippen molar-refractivity contribution in [1.82, 2.24) is 4.90 Å². The van der Waals surface area contributed by atoms with Gasteiger partial charge in [-0.15, -0.1) is 0 Å².